The van der Waals surface area contributed by atoms with Crippen molar-refractivity contribution in [2.24, 2.45) is 0 Å². The molecule has 1 aromatic carbocycles. The number of hydrogen-bond donors (Lipinski definition) is 1. The van der Waals surface area contributed by atoms with Gasteiger partial charge in [0.05, 0.1) is 10.3 Å². The maximum absolute atomic E-state index is 11.3. The van der Waals surface area contributed by atoms with E-state index in [1.165, 1.54) is 6.07 Å². The average molecular weight is 175 g/mol. The lowest BCUT2D eigenvalue weighted by molar-refractivity contribution is -0.536. The van der Waals surface area contributed by atoms with Gasteiger partial charge in [-0.3, -0.25) is 4.79 Å². The number of aromatic nitrogens is 2. The predicted octanol–water partition coefficient (Wildman–Crippen LogP) is 0.443. The van der Waals surface area contributed by atoms with Crippen LogP contribution in [0.3, 0.4) is 0 Å². The van der Waals surface area contributed by atoms with Crippen LogP contribution in [0, 0.1) is 4.91 Å². The third kappa shape index (κ3) is 1.33. The Morgan fingerprint density at radius 1 is 1.08 bits per heavy atom. The molecular weight excluding hydrogens is 168 g/mol. The van der Waals surface area contributed by atoms with Crippen molar-refractivity contribution < 1.29 is 4.54 Å². The lowest BCUT2D eigenvalue weighted by atomic mass is 10.2. The van der Waals surface area contributed by atoms with Crippen molar-refractivity contribution in [1.29, 1.82) is 0 Å². The van der Waals surface area contributed by atoms with Crippen LogP contribution in [-0.2, 0) is 0 Å². The molecule has 0 saturated carbocycles. The highest BCUT2D eigenvalue weighted by Crippen LogP contribution is 2.03. The van der Waals surface area contributed by atoms with Crippen LogP contribution in [0.5, 0.6) is 0 Å². The largest absolute Gasteiger partial charge is 0.302 e. The fourth-order valence-corrected chi connectivity index (χ4v) is 1.18. The molecule has 64 valence electrons. The third-order valence-corrected chi connectivity index (χ3v) is 1.78. The molecule has 1 aromatic heterocycles. The Hall–Kier alpha value is -1.97. The number of nitrogens with zero attached hydrogens (tertiary/aromatic N) is 1. The molecule has 0 saturated heterocycles. The van der Waals surface area contributed by atoms with Crippen LogP contribution in [0.15, 0.2) is 41.2 Å². The number of H-pyrrole nitrogens is 1. The second kappa shape index (κ2) is 2.82. The van der Waals surface area contributed by atoms with E-state index in [0.29, 0.717) is 10.1 Å². The summed E-state index contributed by atoms with van der Waals surface area (Å²) in [7, 11) is 0. The van der Waals surface area contributed by atoms with Gasteiger partial charge >= 0.3 is 5.56 Å². The van der Waals surface area contributed by atoms with E-state index in [9.17, 15) is 9.70 Å². The van der Waals surface area contributed by atoms with Crippen LogP contribution < -0.4 is 10.1 Å². The molecule has 0 aliphatic carbocycles. The first-order valence-electron chi connectivity index (χ1n) is 3.82. The van der Waals surface area contributed by atoms with Crippen molar-refractivity contribution in [3.63, 3.8) is 0 Å². The summed E-state index contributed by atoms with van der Waals surface area (Å²) in [6.07, 6.45) is 0. The van der Waals surface area contributed by atoms with Crippen molar-refractivity contribution in [3.8, 4) is 0 Å². The molecule has 0 atom stereocenters. The van der Waals surface area contributed by atoms with E-state index in [1.54, 1.807) is 24.3 Å². The van der Waals surface area contributed by atoms with Crippen molar-refractivity contribution in [2.45, 2.75) is 0 Å². The van der Waals surface area contributed by atoms with Gasteiger partial charge in [-0.05, 0) is 12.1 Å². The Balaban J connectivity index is 3.11. The molecule has 0 bridgehead atoms. The number of hydrogen-bond acceptors (Lipinski definition) is 2. The van der Waals surface area contributed by atoms with Crippen molar-refractivity contribution in [3.05, 3.63) is 51.7 Å². The summed E-state index contributed by atoms with van der Waals surface area (Å²) in [6.45, 7) is 0. The topological polar surface area (TPSA) is 55.8 Å². The molecule has 4 heteroatoms. The summed E-state index contributed by atoms with van der Waals surface area (Å²) in [5.74, 6) is 0. The van der Waals surface area contributed by atoms with Gasteiger partial charge in [0.1, 0.15) is 0 Å². The number of nitrogens with one attached hydrogen (secondary N) is 1. The number of rotatable bonds is 0. The smallest absolute Gasteiger partial charge is 0.264 e. The van der Waals surface area contributed by atoms with Crippen LogP contribution in [0.1, 0.15) is 0 Å². The average Bonchev–Trinajstić information content (AvgIpc) is 2.27. The molecule has 1 N–H and O–H groups in total. The van der Waals surface area contributed by atoms with Crippen molar-refractivity contribution in [1.82, 2.24) is 5.10 Å². The monoisotopic (exact) mass is 175 g/mol. The normalized spacial score (nSPS) is 10.2. The van der Waals surface area contributed by atoms with E-state index < -0.39 is 5.56 Å². The Labute approximate surface area is 73.0 Å². The van der Waals surface area contributed by atoms with Gasteiger partial charge < -0.3 is 0 Å². The maximum Gasteiger partial charge on any atom is 0.302 e. The van der Waals surface area contributed by atoms with Gasteiger partial charge in [0.25, 0.3) is 5.52 Å². The van der Waals surface area contributed by atoms with Crippen molar-refractivity contribution in [2.75, 3.05) is 0 Å². The second-order valence-corrected chi connectivity index (χ2v) is 2.66. The quantitative estimate of drug-likeness (QED) is 0.591. The van der Waals surface area contributed by atoms with Crippen LogP contribution >= 0.6 is 0 Å². The first kappa shape index (κ1) is 7.67. The highest BCUT2D eigenvalue weighted by atomic mass is 16.3. The lowest BCUT2D eigenvalue weighted by Gasteiger charge is -1.79. The van der Waals surface area contributed by atoms with E-state index in [2.05, 4.69) is 5.10 Å². The summed E-state index contributed by atoms with van der Waals surface area (Å²) in [5, 5.41) is 2.88. The molecule has 0 radical (unpaired) electrons. The number of benzene rings is 1. The van der Waals surface area contributed by atoms with E-state index in [-0.39, 0.29) is 0 Å². The second-order valence-electron chi connectivity index (χ2n) is 2.66. The van der Waals surface area contributed by atoms with Crippen LogP contribution in [0.4, 0.5) is 0 Å². The highest BCUT2D eigenvalue weighted by molar-refractivity contribution is 5.74. The van der Waals surface area contributed by atoms with E-state index >= 15 is 0 Å². The first-order valence-corrected chi connectivity index (χ1v) is 3.82. The van der Waals surface area contributed by atoms with Gasteiger partial charge in [0, 0.05) is 12.1 Å². The summed E-state index contributed by atoms with van der Waals surface area (Å²) >= 11 is 0. The van der Waals surface area contributed by atoms with E-state index in [0.717, 1.165) is 5.39 Å². The molecule has 0 amide bonds. The highest BCUT2D eigenvalue weighted by Gasteiger charge is 2.02. The van der Waals surface area contributed by atoms with Crippen LogP contribution in [-0.4, -0.2) is 5.10 Å². The summed E-state index contributed by atoms with van der Waals surface area (Å²) in [5.41, 5.74) is 0.0378. The predicted molar refractivity (Wildman–Crippen MR) is 47.9 cm³/mol. The SMILES string of the molecule is O=c1ccc2ccccc2[n+](=O)[nH]1. The first-order chi connectivity index (χ1) is 6.27. The Kier molecular flexibility index (Phi) is 1.66. The minimum atomic E-state index is -0.411. The van der Waals surface area contributed by atoms with Gasteiger partial charge in [-0.15, -0.1) is 0 Å². The van der Waals surface area contributed by atoms with Gasteiger partial charge in [0.15, 0.2) is 4.54 Å². The van der Waals surface area contributed by atoms with E-state index in [4.69, 9.17) is 0 Å². The Morgan fingerprint density at radius 3 is 2.69 bits per heavy atom. The molecule has 2 aromatic rings. The third-order valence-electron chi connectivity index (χ3n) is 1.78. The Bertz CT molecular complexity index is 560. The summed E-state index contributed by atoms with van der Waals surface area (Å²) in [6, 6.07) is 9.93. The number of fused-ring (bicyclic) bond motifs is 1. The minimum absolute atomic E-state index is 0.411. The zero-order valence-corrected chi connectivity index (χ0v) is 6.73. The lowest BCUT2D eigenvalue weighted by Crippen LogP contribution is -2.24. The molecule has 4 nitrogen and oxygen atoms in total. The number of para-hydroxylation sites is 1. The standard InChI is InChI=1S/C9H6N2O2/c12-9-6-5-7-3-1-2-4-8(7)11(13)10-9/h1-6H/p+1. The molecule has 1 heterocycles. The van der Waals surface area contributed by atoms with Crippen molar-refractivity contribution >= 4 is 10.9 Å². The molecule has 2 rings (SSSR count). The zero-order valence-electron chi connectivity index (χ0n) is 6.73. The molecule has 0 fully saturated rings. The maximum atomic E-state index is 11.3. The summed E-state index contributed by atoms with van der Waals surface area (Å²) in [4.78, 5) is 22.2. The van der Waals surface area contributed by atoms with Crippen LogP contribution in [0.2, 0.25) is 0 Å². The van der Waals surface area contributed by atoms with Gasteiger partial charge in [-0.25, -0.2) is 0 Å². The molecule has 0 aliphatic heterocycles. The van der Waals surface area contributed by atoms with Gasteiger partial charge in [0.2, 0.25) is 0 Å². The van der Waals surface area contributed by atoms with E-state index in [1.807, 2.05) is 6.07 Å². The molecule has 0 unspecified atom stereocenters. The number of aromatic amines is 1. The van der Waals surface area contributed by atoms with Gasteiger partial charge in [-0.1, -0.05) is 17.2 Å². The molecule has 0 spiro atoms. The fraction of sp³-hybridized carbons (Fsp3) is 0. The zero-order chi connectivity index (χ0) is 9.26. The molecular formula is C9H7N2O2+. The molecule has 0 aliphatic rings. The van der Waals surface area contributed by atoms with Gasteiger partial charge in [-0.2, -0.15) is 0 Å². The molecule has 13 heavy (non-hydrogen) atoms. The van der Waals surface area contributed by atoms with Crippen LogP contribution in [0.25, 0.3) is 10.9 Å². The minimum Gasteiger partial charge on any atom is -0.264 e. The fourth-order valence-electron chi connectivity index (χ4n) is 1.18. The summed E-state index contributed by atoms with van der Waals surface area (Å²) < 4.78 is 0.470. The Morgan fingerprint density at radius 2 is 1.85 bits per heavy atom.